The van der Waals surface area contributed by atoms with E-state index in [0.717, 1.165) is 29.7 Å². The van der Waals surface area contributed by atoms with Crippen LogP contribution in [0.25, 0.3) is 0 Å². The van der Waals surface area contributed by atoms with Crippen molar-refractivity contribution in [3.63, 3.8) is 0 Å². The van der Waals surface area contributed by atoms with Crippen LogP contribution >= 0.6 is 11.8 Å². The average molecular weight is 503 g/mol. The van der Waals surface area contributed by atoms with Gasteiger partial charge in [-0.25, -0.2) is 0 Å². The Morgan fingerprint density at radius 1 is 0.833 bits per heavy atom. The van der Waals surface area contributed by atoms with Crippen molar-refractivity contribution in [1.29, 1.82) is 0 Å². The quantitative estimate of drug-likeness (QED) is 0.288. The van der Waals surface area contributed by atoms with Gasteiger partial charge in [0.05, 0.1) is 5.75 Å². The number of amides is 2. The van der Waals surface area contributed by atoms with E-state index in [1.54, 1.807) is 16.7 Å². The summed E-state index contributed by atoms with van der Waals surface area (Å²) in [5.41, 5.74) is 5.66. The summed E-state index contributed by atoms with van der Waals surface area (Å²) in [4.78, 5) is 28.9. The first-order valence-electron chi connectivity index (χ1n) is 12.8. The number of benzene rings is 3. The number of hydrogen-bond acceptors (Lipinski definition) is 3. The van der Waals surface area contributed by atoms with E-state index < -0.39 is 6.04 Å². The van der Waals surface area contributed by atoms with Gasteiger partial charge in [-0.1, -0.05) is 103 Å². The largest absolute Gasteiger partial charge is 0.354 e. The molecule has 3 aromatic rings. The number of aryl methyl sites for hydroxylation is 2. The number of unbranched alkanes of at least 4 members (excludes halogenated alkanes) is 1. The predicted octanol–water partition coefficient (Wildman–Crippen LogP) is 6.09. The average Bonchev–Trinajstić information content (AvgIpc) is 2.89. The molecular weight excluding hydrogens is 464 g/mol. The Kier molecular flexibility index (Phi) is 11.1. The lowest BCUT2D eigenvalue weighted by Crippen LogP contribution is -2.51. The first-order valence-corrected chi connectivity index (χ1v) is 13.9. The van der Waals surface area contributed by atoms with Gasteiger partial charge >= 0.3 is 0 Å². The maximum Gasteiger partial charge on any atom is 0.243 e. The van der Waals surface area contributed by atoms with Crippen molar-refractivity contribution in [2.45, 2.75) is 58.4 Å². The smallest absolute Gasteiger partial charge is 0.243 e. The van der Waals surface area contributed by atoms with Crippen molar-refractivity contribution in [2.24, 2.45) is 0 Å². The third-order valence-electron chi connectivity index (χ3n) is 6.19. The molecule has 0 aliphatic rings. The van der Waals surface area contributed by atoms with Gasteiger partial charge in [0.15, 0.2) is 0 Å². The third-order valence-corrected chi connectivity index (χ3v) is 7.18. The van der Waals surface area contributed by atoms with Crippen LogP contribution < -0.4 is 5.32 Å². The SMILES string of the molecule is CCCCNC(=O)[C@H](Cc1ccccc1)N(Cc1ccc(C)cc1)C(=O)CSCc1ccc(C)cc1. The van der Waals surface area contributed by atoms with Crippen LogP contribution in [-0.2, 0) is 28.3 Å². The Morgan fingerprint density at radius 3 is 2.06 bits per heavy atom. The monoisotopic (exact) mass is 502 g/mol. The molecule has 1 N–H and O–H groups in total. The molecule has 0 spiro atoms. The summed E-state index contributed by atoms with van der Waals surface area (Å²) in [6, 6.07) is 26.0. The zero-order valence-electron chi connectivity index (χ0n) is 21.7. The first-order chi connectivity index (χ1) is 17.5. The first kappa shape index (κ1) is 27.5. The van der Waals surface area contributed by atoms with Gasteiger partial charge in [0.25, 0.3) is 0 Å². The van der Waals surface area contributed by atoms with Gasteiger partial charge in [-0.15, -0.1) is 11.8 Å². The van der Waals surface area contributed by atoms with E-state index in [1.165, 1.54) is 16.7 Å². The highest BCUT2D eigenvalue weighted by atomic mass is 32.2. The molecule has 5 heteroatoms. The Hall–Kier alpha value is -3.05. The molecule has 3 aromatic carbocycles. The van der Waals surface area contributed by atoms with Gasteiger partial charge in [0, 0.05) is 25.3 Å². The zero-order valence-corrected chi connectivity index (χ0v) is 22.5. The highest BCUT2D eigenvalue weighted by molar-refractivity contribution is 7.99. The molecular formula is C31H38N2O2S. The van der Waals surface area contributed by atoms with Crippen LogP contribution in [-0.4, -0.2) is 35.1 Å². The number of carbonyl (C=O) groups is 2. The summed E-state index contributed by atoms with van der Waals surface area (Å²) in [6.07, 6.45) is 2.41. The van der Waals surface area contributed by atoms with Gasteiger partial charge in [-0.3, -0.25) is 9.59 Å². The van der Waals surface area contributed by atoms with Gasteiger partial charge in [0.1, 0.15) is 6.04 Å². The van der Waals surface area contributed by atoms with Crippen LogP contribution in [0.5, 0.6) is 0 Å². The zero-order chi connectivity index (χ0) is 25.8. The number of carbonyl (C=O) groups excluding carboxylic acids is 2. The number of hydrogen-bond donors (Lipinski definition) is 1. The maximum absolute atomic E-state index is 13.7. The van der Waals surface area contributed by atoms with E-state index >= 15 is 0 Å². The fourth-order valence-electron chi connectivity index (χ4n) is 3.97. The molecule has 0 bridgehead atoms. The Bertz CT molecular complexity index is 1080. The van der Waals surface area contributed by atoms with Crippen LogP contribution in [0.1, 0.15) is 47.6 Å². The highest BCUT2D eigenvalue weighted by Crippen LogP contribution is 2.19. The summed E-state index contributed by atoms with van der Waals surface area (Å²) in [7, 11) is 0. The molecule has 0 aliphatic heterocycles. The van der Waals surface area contributed by atoms with Crippen molar-refractivity contribution >= 4 is 23.6 Å². The molecule has 2 amide bonds. The molecule has 0 aromatic heterocycles. The normalized spacial score (nSPS) is 11.6. The second-order valence-corrected chi connectivity index (χ2v) is 10.3. The molecule has 0 saturated heterocycles. The molecule has 0 aliphatic carbocycles. The van der Waals surface area contributed by atoms with E-state index in [4.69, 9.17) is 0 Å². The van der Waals surface area contributed by atoms with Gasteiger partial charge in [0.2, 0.25) is 11.8 Å². The topological polar surface area (TPSA) is 49.4 Å². The molecule has 3 rings (SSSR count). The molecule has 0 unspecified atom stereocenters. The lowest BCUT2D eigenvalue weighted by Gasteiger charge is -2.31. The molecule has 4 nitrogen and oxygen atoms in total. The number of rotatable bonds is 13. The van der Waals surface area contributed by atoms with Gasteiger partial charge < -0.3 is 10.2 Å². The second-order valence-electron chi connectivity index (χ2n) is 9.34. The van der Waals surface area contributed by atoms with Crippen molar-refractivity contribution < 1.29 is 9.59 Å². The Morgan fingerprint density at radius 2 is 1.44 bits per heavy atom. The van der Waals surface area contributed by atoms with Gasteiger partial charge in [-0.2, -0.15) is 0 Å². The minimum absolute atomic E-state index is 0.0146. The third kappa shape index (κ3) is 8.87. The standard InChI is InChI=1S/C31H38N2O2S/c1-4-5-19-32-31(35)29(20-26-9-7-6-8-10-26)33(21-27-15-11-24(2)12-16-27)30(34)23-36-22-28-17-13-25(3)14-18-28/h6-18,29H,4-5,19-23H2,1-3H3,(H,32,35)/t29-/m0/s1. The summed E-state index contributed by atoms with van der Waals surface area (Å²) < 4.78 is 0. The molecule has 0 heterocycles. The second kappa shape index (κ2) is 14.5. The lowest BCUT2D eigenvalue weighted by molar-refractivity contribution is -0.139. The molecule has 190 valence electrons. The molecule has 0 fully saturated rings. The van der Waals surface area contributed by atoms with Crippen molar-refractivity contribution in [1.82, 2.24) is 10.2 Å². The van der Waals surface area contributed by atoms with E-state index in [-0.39, 0.29) is 11.8 Å². The molecule has 1 atom stereocenters. The number of nitrogens with zero attached hydrogens (tertiary/aromatic N) is 1. The number of thioether (sulfide) groups is 1. The summed E-state index contributed by atoms with van der Waals surface area (Å²) in [5.74, 6) is 0.986. The highest BCUT2D eigenvalue weighted by Gasteiger charge is 2.30. The van der Waals surface area contributed by atoms with Crippen molar-refractivity contribution in [2.75, 3.05) is 12.3 Å². The van der Waals surface area contributed by atoms with Crippen LogP contribution in [0, 0.1) is 13.8 Å². The minimum Gasteiger partial charge on any atom is -0.354 e. The minimum atomic E-state index is -0.571. The summed E-state index contributed by atoms with van der Waals surface area (Å²) >= 11 is 1.60. The van der Waals surface area contributed by atoms with Crippen LogP contribution in [0.2, 0.25) is 0 Å². The van der Waals surface area contributed by atoms with Crippen molar-refractivity contribution in [3.8, 4) is 0 Å². The molecule has 0 saturated carbocycles. The van der Waals surface area contributed by atoms with Crippen LogP contribution in [0.4, 0.5) is 0 Å². The fraction of sp³-hybridized carbons (Fsp3) is 0.355. The molecule has 36 heavy (non-hydrogen) atoms. The van der Waals surface area contributed by atoms with Gasteiger partial charge in [-0.05, 0) is 37.0 Å². The predicted molar refractivity (Wildman–Crippen MR) is 151 cm³/mol. The van der Waals surface area contributed by atoms with Crippen molar-refractivity contribution in [3.05, 3.63) is 107 Å². The summed E-state index contributed by atoms with van der Waals surface area (Å²) in [6.45, 7) is 7.25. The summed E-state index contributed by atoms with van der Waals surface area (Å²) in [5, 5.41) is 3.08. The van der Waals surface area contributed by atoms with E-state index in [1.807, 2.05) is 49.4 Å². The fourth-order valence-corrected chi connectivity index (χ4v) is 4.84. The number of nitrogens with one attached hydrogen (secondary N) is 1. The molecule has 0 radical (unpaired) electrons. The maximum atomic E-state index is 13.7. The Balaban J connectivity index is 1.81. The Labute approximate surface area is 220 Å². The van der Waals surface area contributed by atoms with E-state index in [9.17, 15) is 9.59 Å². The lowest BCUT2D eigenvalue weighted by atomic mass is 10.0. The van der Waals surface area contributed by atoms with E-state index in [0.29, 0.717) is 25.3 Å². The van der Waals surface area contributed by atoms with Crippen LogP contribution in [0.3, 0.4) is 0 Å². The van der Waals surface area contributed by atoms with Crippen LogP contribution in [0.15, 0.2) is 78.9 Å². The van der Waals surface area contributed by atoms with E-state index in [2.05, 4.69) is 55.6 Å².